The topological polar surface area (TPSA) is 71.3 Å². The zero-order valence-corrected chi connectivity index (χ0v) is 13.6. The van der Waals surface area contributed by atoms with Crippen LogP contribution in [0.5, 0.6) is 0 Å². The second kappa shape index (κ2) is 7.42. The van der Waals surface area contributed by atoms with E-state index in [0.29, 0.717) is 0 Å². The second-order valence-corrected chi connectivity index (χ2v) is 5.65. The monoisotopic (exact) mass is 354 g/mol. The molecule has 0 saturated heterocycles. The summed E-state index contributed by atoms with van der Waals surface area (Å²) in [6.07, 6.45) is -4.47. The summed E-state index contributed by atoms with van der Waals surface area (Å²) in [5.74, 6) is -0.946. The molecule has 1 aromatic heterocycles. The number of halogens is 3. The van der Waals surface area contributed by atoms with Gasteiger partial charge in [-0.05, 0) is 38.1 Å². The van der Waals surface area contributed by atoms with Crippen LogP contribution in [0, 0.1) is 0 Å². The maximum Gasteiger partial charge on any atom is 0.416 e. The summed E-state index contributed by atoms with van der Waals surface area (Å²) < 4.78 is 43.6. The Bertz CT molecular complexity index is 766. The predicted octanol–water partition coefficient (Wildman–Crippen LogP) is 3.22. The summed E-state index contributed by atoms with van der Waals surface area (Å²) in [4.78, 5) is 23.4. The first-order valence-electron chi connectivity index (χ1n) is 7.52. The smallest absolute Gasteiger partial charge is 0.416 e. The van der Waals surface area contributed by atoms with Gasteiger partial charge in [0.1, 0.15) is 5.76 Å². The van der Waals surface area contributed by atoms with Crippen molar-refractivity contribution in [3.05, 3.63) is 47.7 Å². The molecule has 1 aromatic carbocycles. The highest BCUT2D eigenvalue weighted by molar-refractivity contribution is 5.94. The number of nitrogens with one attached hydrogen (secondary N) is 2. The lowest BCUT2D eigenvalue weighted by Gasteiger charge is -2.08. The fourth-order valence-electron chi connectivity index (χ4n) is 2.08. The van der Waals surface area contributed by atoms with E-state index in [2.05, 4.69) is 10.6 Å². The van der Waals surface area contributed by atoms with E-state index in [4.69, 9.17) is 4.42 Å². The van der Waals surface area contributed by atoms with E-state index in [-0.39, 0.29) is 35.6 Å². The zero-order chi connectivity index (χ0) is 18.6. The Morgan fingerprint density at radius 3 is 2.52 bits per heavy atom. The van der Waals surface area contributed by atoms with Crippen molar-refractivity contribution < 1.29 is 27.2 Å². The molecule has 0 aliphatic rings. The second-order valence-electron chi connectivity index (χ2n) is 5.65. The van der Waals surface area contributed by atoms with Gasteiger partial charge < -0.3 is 15.1 Å². The molecule has 2 amide bonds. The van der Waals surface area contributed by atoms with Crippen LogP contribution in [0.3, 0.4) is 0 Å². The van der Waals surface area contributed by atoms with Crippen LogP contribution in [-0.4, -0.2) is 24.4 Å². The Balaban J connectivity index is 2.07. The highest BCUT2D eigenvalue weighted by atomic mass is 19.4. The van der Waals surface area contributed by atoms with Gasteiger partial charge in [0.15, 0.2) is 5.76 Å². The molecule has 25 heavy (non-hydrogen) atoms. The highest BCUT2D eigenvalue weighted by Crippen LogP contribution is 2.32. The van der Waals surface area contributed by atoms with Crippen molar-refractivity contribution in [3.63, 3.8) is 0 Å². The van der Waals surface area contributed by atoms with E-state index in [1.54, 1.807) is 13.8 Å². The summed E-state index contributed by atoms with van der Waals surface area (Å²) in [5.41, 5.74) is -0.607. The predicted molar refractivity (Wildman–Crippen MR) is 84.8 cm³/mol. The first-order valence-corrected chi connectivity index (χ1v) is 7.52. The summed E-state index contributed by atoms with van der Waals surface area (Å²) >= 11 is 0. The van der Waals surface area contributed by atoms with Gasteiger partial charge in [0.2, 0.25) is 5.91 Å². The van der Waals surface area contributed by atoms with Crippen LogP contribution in [-0.2, 0) is 11.0 Å². The number of benzene rings is 1. The van der Waals surface area contributed by atoms with Gasteiger partial charge in [0, 0.05) is 11.6 Å². The van der Waals surface area contributed by atoms with Crippen molar-refractivity contribution in [1.82, 2.24) is 10.6 Å². The third-order valence-electron chi connectivity index (χ3n) is 3.16. The Labute approximate surface area is 142 Å². The van der Waals surface area contributed by atoms with Crippen molar-refractivity contribution in [1.29, 1.82) is 0 Å². The average molecular weight is 354 g/mol. The van der Waals surface area contributed by atoms with Crippen molar-refractivity contribution in [3.8, 4) is 11.3 Å². The quantitative estimate of drug-likeness (QED) is 0.866. The van der Waals surface area contributed by atoms with E-state index < -0.39 is 17.6 Å². The van der Waals surface area contributed by atoms with Crippen molar-refractivity contribution in [2.75, 3.05) is 6.54 Å². The summed E-state index contributed by atoms with van der Waals surface area (Å²) in [6.45, 7) is 3.35. The fourth-order valence-corrected chi connectivity index (χ4v) is 2.08. The molecule has 0 spiro atoms. The average Bonchev–Trinajstić information content (AvgIpc) is 3.01. The van der Waals surface area contributed by atoms with E-state index in [9.17, 15) is 22.8 Å². The van der Waals surface area contributed by atoms with Crippen molar-refractivity contribution >= 4 is 11.8 Å². The maximum absolute atomic E-state index is 12.8. The molecule has 5 nitrogen and oxygen atoms in total. The van der Waals surface area contributed by atoms with Gasteiger partial charge in [-0.15, -0.1) is 0 Å². The molecule has 2 N–H and O–H groups in total. The molecular weight excluding hydrogens is 337 g/mol. The molecule has 0 saturated carbocycles. The first kappa shape index (κ1) is 18.6. The lowest BCUT2D eigenvalue weighted by atomic mass is 10.1. The van der Waals surface area contributed by atoms with Crippen LogP contribution in [0.4, 0.5) is 13.2 Å². The van der Waals surface area contributed by atoms with E-state index in [1.165, 1.54) is 24.3 Å². The number of carbonyl (C=O) groups excluding carboxylic acids is 2. The van der Waals surface area contributed by atoms with Gasteiger partial charge in [0.25, 0.3) is 5.91 Å². The van der Waals surface area contributed by atoms with Gasteiger partial charge in [0.05, 0.1) is 12.1 Å². The molecule has 134 valence electrons. The van der Waals surface area contributed by atoms with Crippen LogP contribution < -0.4 is 10.6 Å². The number of alkyl halides is 3. The van der Waals surface area contributed by atoms with Crippen molar-refractivity contribution in [2.24, 2.45) is 0 Å². The maximum atomic E-state index is 12.8. The zero-order valence-electron chi connectivity index (χ0n) is 13.6. The number of furan rings is 1. The molecule has 0 bridgehead atoms. The Morgan fingerprint density at radius 1 is 1.16 bits per heavy atom. The lowest BCUT2D eigenvalue weighted by Crippen LogP contribution is -2.39. The van der Waals surface area contributed by atoms with Crippen molar-refractivity contribution in [2.45, 2.75) is 26.1 Å². The van der Waals surface area contributed by atoms with Crippen LogP contribution in [0.25, 0.3) is 11.3 Å². The Morgan fingerprint density at radius 2 is 1.88 bits per heavy atom. The molecule has 0 atom stereocenters. The Hall–Kier alpha value is -2.77. The third kappa shape index (κ3) is 5.10. The van der Waals surface area contributed by atoms with E-state index >= 15 is 0 Å². The molecule has 0 fully saturated rings. The van der Waals surface area contributed by atoms with Gasteiger partial charge in [-0.25, -0.2) is 0 Å². The third-order valence-corrected chi connectivity index (χ3v) is 3.16. The molecule has 0 radical (unpaired) electrons. The van der Waals surface area contributed by atoms with Crippen LogP contribution >= 0.6 is 0 Å². The van der Waals surface area contributed by atoms with Gasteiger partial charge >= 0.3 is 6.18 Å². The summed E-state index contributed by atoms with van der Waals surface area (Å²) in [5, 5.41) is 4.99. The Kier molecular flexibility index (Phi) is 5.51. The molecule has 1 heterocycles. The van der Waals surface area contributed by atoms with Gasteiger partial charge in [-0.2, -0.15) is 13.2 Å². The minimum absolute atomic E-state index is 0.0551. The van der Waals surface area contributed by atoms with Crippen LogP contribution in [0.2, 0.25) is 0 Å². The van der Waals surface area contributed by atoms with E-state index in [0.717, 1.165) is 12.1 Å². The van der Waals surface area contributed by atoms with Gasteiger partial charge in [-0.1, -0.05) is 12.1 Å². The molecule has 0 aliphatic carbocycles. The fraction of sp³-hybridized carbons (Fsp3) is 0.294. The van der Waals surface area contributed by atoms with Crippen LogP contribution in [0.1, 0.15) is 30.0 Å². The normalized spacial score (nSPS) is 11.4. The largest absolute Gasteiger partial charge is 0.451 e. The number of amides is 2. The lowest BCUT2D eigenvalue weighted by molar-refractivity contribution is -0.137. The van der Waals surface area contributed by atoms with Crippen LogP contribution in [0.15, 0.2) is 40.8 Å². The standard InChI is InChI=1S/C17H17F3N2O3/c1-10(2)22-15(23)9-21-16(24)14-7-6-13(25-14)11-4-3-5-12(8-11)17(18,19)20/h3-8,10H,9H2,1-2H3,(H,21,24)(H,22,23). The summed E-state index contributed by atoms with van der Waals surface area (Å²) in [7, 11) is 0. The number of carbonyl (C=O) groups is 2. The minimum atomic E-state index is -4.47. The van der Waals surface area contributed by atoms with E-state index in [1.807, 2.05) is 0 Å². The number of hydrogen-bond donors (Lipinski definition) is 2. The molecule has 8 heteroatoms. The SMILES string of the molecule is CC(C)NC(=O)CNC(=O)c1ccc(-c2cccc(C(F)(F)F)c2)o1. The molecular formula is C17H17F3N2O3. The number of rotatable bonds is 5. The molecule has 0 aliphatic heterocycles. The first-order chi connectivity index (χ1) is 11.7. The summed E-state index contributed by atoms with van der Waals surface area (Å²) in [6, 6.07) is 7.29. The minimum Gasteiger partial charge on any atom is -0.451 e. The molecule has 0 unspecified atom stereocenters. The highest BCUT2D eigenvalue weighted by Gasteiger charge is 2.30. The molecule has 2 rings (SSSR count). The molecule has 2 aromatic rings. The van der Waals surface area contributed by atoms with Gasteiger partial charge in [-0.3, -0.25) is 9.59 Å². The number of hydrogen-bond acceptors (Lipinski definition) is 3.